The van der Waals surface area contributed by atoms with Crippen molar-refractivity contribution in [3.05, 3.63) is 67.7 Å². The van der Waals surface area contributed by atoms with E-state index in [2.05, 4.69) is 5.32 Å². The summed E-state index contributed by atoms with van der Waals surface area (Å²) in [6.45, 7) is -0.431. The van der Waals surface area contributed by atoms with Crippen LogP contribution in [0.3, 0.4) is 0 Å². The van der Waals surface area contributed by atoms with Crippen LogP contribution in [0.5, 0.6) is 0 Å². The number of carboxylic acids is 1. The van der Waals surface area contributed by atoms with Gasteiger partial charge in [0.25, 0.3) is 5.56 Å². The van der Waals surface area contributed by atoms with Gasteiger partial charge in [0.15, 0.2) is 0 Å². The summed E-state index contributed by atoms with van der Waals surface area (Å²) in [4.78, 5) is 46.5. The molecule has 1 aromatic heterocycles. The Bertz CT molecular complexity index is 969. The number of carbonyl (C=O) groups excluding carboxylic acids is 1. The van der Waals surface area contributed by atoms with Crippen LogP contribution in [0.25, 0.3) is 0 Å². The SMILES string of the molecule is Cn1c(=O)ccn(CC(=O)NC(CC(=O)O)c2ccc(Cl)c(F)c2)c1=O. The first-order valence-corrected chi connectivity index (χ1v) is 7.79. The minimum absolute atomic E-state index is 0.133. The zero-order chi connectivity index (χ0) is 19.4. The highest BCUT2D eigenvalue weighted by atomic mass is 35.5. The minimum Gasteiger partial charge on any atom is -0.481 e. The number of halogens is 2. The second-order valence-electron chi connectivity index (χ2n) is 5.51. The third-order valence-electron chi connectivity index (χ3n) is 3.63. The Morgan fingerprint density at radius 2 is 2.00 bits per heavy atom. The molecule has 0 saturated heterocycles. The normalized spacial score (nSPS) is 11.8. The van der Waals surface area contributed by atoms with E-state index in [0.29, 0.717) is 0 Å². The van der Waals surface area contributed by atoms with Gasteiger partial charge < -0.3 is 10.4 Å². The smallest absolute Gasteiger partial charge is 0.331 e. The number of carbonyl (C=O) groups is 2. The van der Waals surface area contributed by atoms with Crippen molar-refractivity contribution in [2.24, 2.45) is 7.05 Å². The van der Waals surface area contributed by atoms with Gasteiger partial charge in [-0.1, -0.05) is 17.7 Å². The summed E-state index contributed by atoms with van der Waals surface area (Å²) in [5, 5.41) is 11.3. The molecule has 10 heteroatoms. The van der Waals surface area contributed by atoms with Crippen LogP contribution in [0, 0.1) is 5.82 Å². The van der Waals surface area contributed by atoms with E-state index in [0.717, 1.165) is 21.3 Å². The summed E-state index contributed by atoms with van der Waals surface area (Å²) >= 11 is 5.60. The lowest BCUT2D eigenvalue weighted by molar-refractivity contribution is -0.137. The van der Waals surface area contributed by atoms with Crippen LogP contribution in [-0.2, 0) is 23.2 Å². The highest BCUT2D eigenvalue weighted by molar-refractivity contribution is 6.30. The molecular formula is C16H15ClFN3O5. The first-order valence-electron chi connectivity index (χ1n) is 7.41. The molecule has 0 bridgehead atoms. The van der Waals surface area contributed by atoms with Crippen molar-refractivity contribution in [1.29, 1.82) is 0 Å². The number of hydrogen-bond acceptors (Lipinski definition) is 4. The van der Waals surface area contributed by atoms with E-state index in [1.54, 1.807) is 0 Å². The van der Waals surface area contributed by atoms with Gasteiger partial charge in [0.1, 0.15) is 12.4 Å². The van der Waals surface area contributed by atoms with Gasteiger partial charge in [-0.05, 0) is 17.7 Å². The molecule has 8 nitrogen and oxygen atoms in total. The molecule has 0 aliphatic heterocycles. The van der Waals surface area contributed by atoms with Crippen molar-refractivity contribution in [1.82, 2.24) is 14.5 Å². The summed E-state index contributed by atoms with van der Waals surface area (Å²) in [7, 11) is 1.27. The highest BCUT2D eigenvalue weighted by Gasteiger charge is 2.20. The number of nitrogens with one attached hydrogen (secondary N) is 1. The molecule has 2 aromatic rings. The molecule has 26 heavy (non-hydrogen) atoms. The Kier molecular flexibility index (Phi) is 5.93. The van der Waals surface area contributed by atoms with Crippen LogP contribution in [0.4, 0.5) is 4.39 Å². The summed E-state index contributed by atoms with van der Waals surface area (Å²) < 4.78 is 15.5. The number of aliphatic carboxylic acids is 1. The van der Waals surface area contributed by atoms with Crippen LogP contribution in [0.2, 0.25) is 5.02 Å². The van der Waals surface area contributed by atoms with Gasteiger partial charge in [-0.15, -0.1) is 0 Å². The van der Waals surface area contributed by atoms with Gasteiger partial charge in [0.2, 0.25) is 5.91 Å². The first-order chi connectivity index (χ1) is 12.2. The topological polar surface area (TPSA) is 110 Å². The van der Waals surface area contributed by atoms with E-state index >= 15 is 0 Å². The van der Waals surface area contributed by atoms with Gasteiger partial charge in [0.05, 0.1) is 17.5 Å². The third-order valence-corrected chi connectivity index (χ3v) is 3.94. The fourth-order valence-electron chi connectivity index (χ4n) is 2.29. The minimum atomic E-state index is -1.20. The van der Waals surface area contributed by atoms with Crippen molar-refractivity contribution in [2.75, 3.05) is 0 Å². The molecule has 0 radical (unpaired) electrons. The van der Waals surface area contributed by atoms with Crippen LogP contribution >= 0.6 is 11.6 Å². The fourth-order valence-corrected chi connectivity index (χ4v) is 2.40. The summed E-state index contributed by atoms with van der Waals surface area (Å²) in [5.74, 6) is -2.62. The molecule has 1 aromatic carbocycles. The average molecular weight is 384 g/mol. The molecule has 2 rings (SSSR count). The summed E-state index contributed by atoms with van der Waals surface area (Å²) in [6.07, 6.45) is 0.674. The number of benzene rings is 1. The van der Waals surface area contributed by atoms with Crippen molar-refractivity contribution in [3.63, 3.8) is 0 Å². The maximum absolute atomic E-state index is 13.6. The summed E-state index contributed by atoms with van der Waals surface area (Å²) in [5.41, 5.74) is -0.998. The molecular weight excluding hydrogens is 369 g/mol. The lowest BCUT2D eigenvalue weighted by atomic mass is 10.0. The van der Waals surface area contributed by atoms with E-state index in [4.69, 9.17) is 16.7 Å². The highest BCUT2D eigenvalue weighted by Crippen LogP contribution is 2.22. The molecule has 1 atom stereocenters. The number of carboxylic acid groups (broad SMARTS) is 1. The van der Waals surface area contributed by atoms with Crippen LogP contribution < -0.4 is 16.6 Å². The van der Waals surface area contributed by atoms with Crippen LogP contribution in [-0.4, -0.2) is 26.1 Å². The van der Waals surface area contributed by atoms with Gasteiger partial charge in [0, 0.05) is 19.3 Å². The standard InChI is InChI=1S/C16H15ClFN3O5/c1-20-14(23)4-5-21(16(20)26)8-13(22)19-12(7-15(24)25)9-2-3-10(17)11(18)6-9/h2-6,12H,7-8H2,1H3,(H,19,22)(H,24,25). The molecule has 138 valence electrons. The third kappa shape index (κ3) is 4.57. The van der Waals surface area contributed by atoms with Crippen molar-refractivity contribution in [3.8, 4) is 0 Å². The van der Waals surface area contributed by atoms with Crippen molar-refractivity contribution >= 4 is 23.5 Å². The molecule has 0 fully saturated rings. The maximum Gasteiger partial charge on any atom is 0.331 e. The number of aromatic nitrogens is 2. The Hall–Kier alpha value is -2.94. The lowest BCUT2D eigenvalue weighted by Gasteiger charge is -2.18. The Balaban J connectivity index is 2.22. The quantitative estimate of drug-likeness (QED) is 0.761. The summed E-state index contributed by atoms with van der Waals surface area (Å²) in [6, 6.07) is 3.80. The maximum atomic E-state index is 13.6. The second-order valence-corrected chi connectivity index (χ2v) is 5.92. The molecule has 0 spiro atoms. The number of nitrogens with zero attached hydrogens (tertiary/aromatic N) is 2. The second kappa shape index (κ2) is 7.96. The molecule has 1 heterocycles. The monoisotopic (exact) mass is 383 g/mol. The predicted molar refractivity (Wildman–Crippen MR) is 90.5 cm³/mol. The molecule has 1 amide bonds. The zero-order valence-corrected chi connectivity index (χ0v) is 14.4. The van der Waals surface area contributed by atoms with Crippen LogP contribution in [0.15, 0.2) is 40.1 Å². The molecule has 1 unspecified atom stereocenters. The van der Waals surface area contributed by atoms with E-state index in [9.17, 15) is 23.6 Å². The van der Waals surface area contributed by atoms with E-state index in [1.165, 1.54) is 25.4 Å². The van der Waals surface area contributed by atoms with E-state index in [-0.39, 0.29) is 10.6 Å². The van der Waals surface area contributed by atoms with Gasteiger partial charge in [-0.25, -0.2) is 9.18 Å². The molecule has 0 aliphatic carbocycles. The Morgan fingerprint density at radius 3 is 2.62 bits per heavy atom. The lowest BCUT2D eigenvalue weighted by Crippen LogP contribution is -2.41. The predicted octanol–water partition coefficient (Wildman–Crippen LogP) is 0.672. The van der Waals surface area contributed by atoms with E-state index < -0.39 is 48.0 Å². The average Bonchev–Trinajstić information content (AvgIpc) is 2.57. The first kappa shape index (κ1) is 19.4. The Labute approximate surface area is 151 Å². The van der Waals surface area contributed by atoms with Crippen molar-refractivity contribution < 1.29 is 19.1 Å². The number of hydrogen-bond donors (Lipinski definition) is 2. The Morgan fingerprint density at radius 1 is 1.31 bits per heavy atom. The fraction of sp³-hybridized carbons (Fsp3) is 0.250. The largest absolute Gasteiger partial charge is 0.481 e. The van der Waals surface area contributed by atoms with Gasteiger partial charge in [-0.3, -0.25) is 23.5 Å². The van der Waals surface area contributed by atoms with E-state index in [1.807, 2.05) is 0 Å². The molecule has 0 saturated carbocycles. The molecule has 2 N–H and O–H groups in total. The number of rotatable bonds is 6. The van der Waals surface area contributed by atoms with Crippen LogP contribution in [0.1, 0.15) is 18.0 Å². The number of amides is 1. The van der Waals surface area contributed by atoms with Gasteiger partial charge in [-0.2, -0.15) is 0 Å². The van der Waals surface area contributed by atoms with Gasteiger partial charge >= 0.3 is 11.7 Å². The van der Waals surface area contributed by atoms with Crippen molar-refractivity contribution in [2.45, 2.75) is 19.0 Å². The zero-order valence-electron chi connectivity index (χ0n) is 13.6. The molecule has 0 aliphatic rings.